The average molecular weight is 393 g/mol. The summed E-state index contributed by atoms with van der Waals surface area (Å²) >= 11 is 3.30. The minimum absolute atomic E-state index is 0.477. The highest BCUT2D eigenvalue weighted by Gasteiger charge is 2.16. The van der Waals surface area contributed by atoms with Gasteiger partial charge in [-0.3, -0.25) is 4.79 Å². The molecule has 6 nitrogen and oxygen atoms in total. The molecule has 0 saturated carbocycles. The summed E-state index contributed by atoms with van der Waals surface area (Å²) in [4.78, 5) is 12.0. The minimum atomic E-state index is -1.30. The quantitative estimate of drug-likeness (QED) is 0.584. The van der Waals surface area contributed by atoms with E-state index < -0.39 is 12.0 Å². The number of nitrogens with zero attached hydrogens (tertiary/aromatic N) is 1. The Kier molecular flexibility index (Phi) is 6.34. The number of methoxy groups -OCH3 is 2. The maximum absolute atomic E-state index is 12.0. The van der Waals surface area contributed by atoms with Crippen molar-refractivity contribution in [3.05, 3.63) is 58.1 Å². The van der Waals surface area contributed by atoms with Gasteiger partial charge in [0.05, 0.1) is 20.4 Å². The number of aliphatic hydroxyl groups excluding tert-OH is 1. The predicted octanol–water partition coefficient (Wildman–Crippen LogP) is 2.65. The van der Waals surface area contributed by atoms with Crippen molar-refractivity contribution in [1.82, 2.24) is 5.43 Å². The second-order valence-electron chi connectivity index (χ2n) is 4.80. The highest BCUT2D eigenvalue weighted by molar-refractivity contribution is 9.10. The predicted molar refractivity (Wildman–Crippen MR) is 94.4 cm³/mol. The molecule has 2 aromatic carbocycles. The topological polar surface area (TPSA) is 80.2 Å². The number of carbonyl (C=O) groups excluding carboxylic acids is 1. The Balaban J connectivity index is 2.05. The van der Waals surface area contributed by atoms with E-state index >= 15 is 0 Å². The monoisotopic (exact) mass is 392 g/mol. The molecule has 2 N–H and O–H groups in total. The highest BCUT2D eigenvalue weighted by atomic mass is 79.9. The third-order valence-electron chi connectivity index (χ3n) is 3.25. The van der Waals surface area contributed by atoms with E-state index in [0.29, 0.717) is 22.6 Å². The summed E-state index contributed by atoms with van der Waals surface area (Å²) in [6.07, 6.45) is 0.121. The van der Waals surface area contributed by atoms with Gasteiger partial charge < -0.3 is 14.6 Å². The Morgan fingerprint density at radius 3 is 2.54 bits per heavy atom. The minimum Gasteiger partial charge on any atom is -0.497 e. The molecule has 0 aliphatic heterocycles. The van der Waals surface area contributed by atoms with Crippen molar-refractivity contribution in [2.24, 2.45) is 5.10 Å². The van der Waals surface area contributed by atoms with E-state index in [9.17, 15) is 9.90 Å². The molecule has 126 valence electrons. The second kappa shape index (κ2) is 8.47. The van der Waals surface area contributed by atoms with Crippen LogP contribution in [0.2, 0.25) is 0 Å². The van der Waals surface area contributed by atoms with Crippen molar-refractivity contribution in [3.63, 3.8) is 0 Å². The van der Waals surface area contributed by atoms with Crippen molar-refractivity contribution >= 4 is 28.1 Å². The summed E-state index contributed by atoms with van der Waals surface area (Å²) in [7, 11) is 3.09. The molecule has 7 heteroatoms. The van der Waals surface area contributed by atoms with Gasteiger partial charge >= 0.3 is 0 Å². The SMILES string of the molecule is COc1ccc(OC)c(C=NNC(=O)[C@@H](O)c2ccc(Br)cc2)c1. The summed E-state index contributed by atoms with van der Waals surface area (Å²) in [6, 6.07) is 12.0. The molecular weight excluding hydrogens is 376 g/mol. The first-order valence-electron chi connectivity index (χ1n) is 7.03. The van der Waals surface area contributed by atoms with E-state index in [0.717, 1.165) is 4.47 Å². The van der Waals surface area contributed by atoms with Crippen LogP contribution in [0.25, 0.3) is 0 Å². The summed E-state index contributed by atoms with van der Waals surface area (Å²) < 4.78 is 11.2. The fraction of sp³-hybridized carbons (Fsp3) is 0.176. The summed E-state index contributed by atoms with van der Waals surface area (Å²) in [5.74, 6) is 0.594. The van der Waals surface area contributed by atoms with Gasteiger partial charge in [-0.2, -0.15) is 5.10 Å². The molecule has 0 aliphatic rings. The zero-order valence-electron chi connectivity index (χ0n) is 13.2. The number of nitrogens with one attached hydrogen (secondary N) is 1. The van der Waals surface area contributed by atoms with E-state index in [1.54, 1.807) is 49.6 Å². The maximum Gasteiger partial charge on any atom is 0.273 e. The molecule has 0 spiro atoms. The van der Waals surface area contributed by atoms with Crippen molar-refractivity contribution in [3.8, 4) is 11.5 Å². The molecular formula is C17H17BrN2O4. The zero-order chi connectivity index (χ0) is 17.5. The van der Waals surface area contributed by atoms with Crippen LogP contribution in [0.1, 0.15) is 17.2 Å². The number of hydrazone groups is 1. The van der Waals surface area contributed by atoms with Gasteiger partial charge in [0, 0.05) is 10.0 Å². The van der Waals surface area contributed by atoms with E-state index in [2.05, 4.69) is 26.5 Å². The largest absolute Gasteiger partial charge is 0.497 e. The first kappa shape index (κ1) is 18.0. The first-order valence-corrected chi connectivity index (χ1v) is 7.83. The molecule has 24 heavy (non-hydrogen) atoms. The van der Waals surface area contributed by atoms with Crippen LogP contribution in [0, 0.1) is 0 Å². The van der Waals surface area contributed by atoms with Gasteiger partial charge in [0.25, 0.3) is 5.91 Å². The normalized spacial score (nSPS) is 12.0. The number of ether oxygens (including phenoxy) is 2. The molecule has 1 amide bonds. The highest BCUT2D eigenvalue weighted by Crippen LogP contribution is 2.22. The Bertz CT molecular complexity index is 732. The molecule has 0 aliphatic carbocycles. The second-order valence-corrected chi connectivity index (χ2v) is 5.71. The molecule has 2 aromatic rings. The summed E-state index contributed by atoms with van der Waals surface area (Å²) in [6.45, 7) is 0. The lowest BCUT2D eigenvalue weighted by atomic mass is 10.1. The molecule has 0 saturated heterocycles. The van der Waals surface area contributed by atoms with Gasteiger partial charge in [-0.05, 0) is 35.9 Å². The Labute approximate surface area is 148 Å². The zero-order valence-corrected chi connectivity index (χ0v) is 14.8. The molecule has 0 bridgehead atoms. The molecule has 0 fully saturated rings. The number of benzene rings is 2. The molecule has 0 aromatic heterocycles. The maximum atomic E-state index is 12.0. The Morgan fingerprint density at radius 1 is 1.21 bits per heavy atom. The Morgan fingerprint density at radius 2 is 1.92 bits per heavy atom. The lowest BCUT2D eigenvalue weighted by molar-refractivity contribution is -0.129. The van der Waals surface area contributed by atoms with Crippen molar-refractivity contribution in [1.29, 1.82) is 0 Å². The number of hydrogen-bond acceptors (Lipinski definition) is 5. The van der Waals surface area contributed by atoms with Crippen LogP contribution >= 0.6 is 15.9 Å². The van der Waals surface area contributed by atoms with E-state index in [4.69, 9.17) is 9.47 Å². The third kappa shape index (κ3) is 4.56. The summed E-state index contributed by atoms with van der Waals surface area (Å²) in [5.41, 5.74) is 3.42. The van der Waals surface area contributed by atoms with Gasteiger partial charge in [-0.25, -0.2) is 5.43 Å². The average Bonchev–Trinajstić information content (AvgIpc) is 2.61. The number of amides is 1. The van der Waals surface area contributed by atoms with Crippen LogP contribution in [-0.4, -0.2) is 31.4 Å². The van der Waals surface area contributed by atoms with Crippen molar-refractivity contribution in [2.45, 2.75) is 6.10 Å². The van der Waals surface area contributed by atoms with Crippen LogP contribution in [-0.2, 0) is 4.79 Å². The van der Waals surface area contributed by atoms with Gasteiger partial charge in [-0.15, -0.1) is 0 Å². The number of rotatable bonds is 6. The Hall–Kier alpha value is -2.38. The van der Waals surface area contributed by atoms with Crippen molar-refractivity contribution in [2.75, 3.05) is 14.2 Å². The van der Waals surface area contributed by atoms with E-state index in [1.165, 1.54) is 13.3 Å². The van der Waals surface area contributed by atoms with Crippen LogP contribution in [0.5, 0.6) is 11.5 Å². The standard InChI is InChI=1S/C17H17BrN2O4/c1-23-14-7-8-15(24-2)12(9-14)10-19-20-17(22)16(21)11-3-5-13(18)6-4-11/h3-10,16,21H,1-2H3,(H,20,22)/t16-/m0/s1. The fourth-order valence-corrected chi connectivity index (χ4v) is 2.23. The number of hydrogen-bond donors (Lipinski definition) is 2. The lowest BCUT2D eigenvalue weighted by Crippen LogP contribution is -2.25. The van der Waals surface area contributed by atoms with Crippen LogP contribution in [0.3, 0.4) is 0 Å². The van der Waals surface area contributed by atoms with Crippen LogP contribution in [0.15, 0.2) is 52.0 Å². The van der Waals surface area contributed by atoms with Gasteiger partial charge in [0.1, 0.15) is 11.5 Å². The molecule has 0 radical (unpaired) electrons. The van der Waals surface area contributed by atoms with E-state index in [-0.39, 0.29) is 0 Å². The smallest absolute Gasteiger partial charge is 0.273 e. The molecule has 0 heterocycles. The number of halogens is 1. The van der Waals surface area contributed by atoms with Crippen LogP contribution < -0.4 is 14.9 Å². The first-order chi connectivity index (χ1) is 11.5. The molecule has 0 unspecified atom stereocenters. The number of aliphatic hydroxyl groups is 1. The van der Waals surface area contributed by atoms with Gasteiger partial charge in [0.15, 0.2) is 6.10 Å². The van der Waals surface area contributed by atoms with Crippen LogP contribution in [0.4, 0.5) is 0 Å². The number of carbonyl (C=O) groups is 1. The van der Waals surface area contributed by atoms with Gasteiger partial charge in [0.2, 0.25) is 0 Å². The molecule has 1 atom stereocenters. The van der Waals surface area contributed by atoms with Crippen molar-refractivity contribution < 1.29 is 19.4 Å². The van der Waals surface area contributed by atoms with Gasteiger partial charge in [-0.1, -0.05) is 28.1 Å². The molecule has 2 rings (SSSR count). The fourth-order valence-electron chi connectivity index (χ4n) is 1.96. The third-order valence-corrected chi connectivity index (χ3v) is 3.78. The summed E-state index contributed by atoms with van der Waals surface area (Å²) in [5, 5.41) is 13.9. The lowest BCUT2D eigenvalue weighted by Gasteiger charge is -2.09. The van der Waals surface area contributed by atoms with E-state index in [1.807, 2.05) is 0 Å².